The van der Waals surface area contributed by atoms with E-state index in [1.165, 1.54) is 0 Å². The van der Waals surface area contributed by atoms with E-state index >= 15 is 0 Å². The number of aromatic nitrogens is 1. The van der Waals surface area contributed by atoms with Gasteiger partial charge in [-0.2, -0.15) is 0 Å². The smallest absolute Gasteiger partial charge is 0.305 e. The molecule has 3 N–H and O–H groups in total. The fourth-order valence-electron chi connectivity index (χ4n) is 2.04. The number of carboxylic acid groups (broad SMARTS) is 1. The van der Waals surface area contributed by atoms with Gasteiger partial charge < -0.3 is 15.7 Å². The molecular weight excluding hydrogens is 334 g/mol. The summed E-state index contributed by atoms with van der Waals surface area (Å²) in [6, 6.07) is 10.2. The Balaban J connectivity index is 2.09. The molecule has 0 aliphatic carbocycles. The van der Waals surface area contributed by atoms with Gasteiger partial charge in [0.15, 0.2) is 5.11 Å². The zero-order chi connectivity index (χ0) is 16.8. The first-order valence-electron chi connectivity index (χ1n) is 6.91. The summed E-state index contributed by atoms with van der Waals surface area (Å²) >= 11 is 11.1. The number of nitrogens with one attached hydrogen (secondary N) is 2. The molecule has 0 aliphatic rings. The summed E-state index contributed by atoms with van der Waals surface area (Å²) in [6.45, 7) is 1.95. The van der Waals surface area contributed by atoms with E-state index in [9.17, 15) is 4.79 Å². The molecule has 1 heterocycles. The van der Waals surface area contributed by atoms with E-state index in [4.69, 9.17) is 28.9 Å². The second-order valence-corrected chi connectivity index (χ2v) is 5.86. The molecule has 0 fully saturated rings. The minimum absolute atomic E-state index is 0.106. The number of rotatable bonds is 5. The molecule has 0 saturated carbocycles. The molecule has 2 aromatic rings. The van der Waals surface area contributed by atoms with Crippen LogP contribution in [0, 0.1) is 6.92 Å². The fourth-order valence-corrected chi connectivity index (χ4v) is 2.41. The van der Waals surface area contributed by atoms with Crippen LogP contribution in [0.2, 0.25) is 5.02 Å². The highest BCUT2D eigenvalue weighted by molar-refractivity contribution is 7.80. The molecule has 0 spiro atoms. The molecule has 0 radical (unpaired) electrons. The number of aryl methyl sites for hydroxylation is 1. The minimum Gasteiger partial charge on any atom is -0.481 e. The Kier molecular flexibility index (Phi) is 5.90. The lowest BCUT2D eigenvalue weighted by Crippen LogP contribution is -2.33. The first-order chi connectivity index (χ1) is 10.9. The molecule has 23 heavy (non-hydrogen) atoms. The van der Waals surface area contributed by atoms with Crippen LogP contribution >= 0.6 is 23.8 Å². The number of hydrogen-bond donors (Lipinski definition) is 3. The standard InChI is InChI=1S/C16H16ClN3O2S/c1-10-6-7-18-14(8-10)20-16(23)19-13(9-15(21)22)11-2-4-12(17)5-3-11/h2-8,13H,9H2,1H3,(H,21,22)(H2,18,19,20,23)/t13-/m1/s1. The molecule has 0 aliphatic heterocycles. The topological polar surface area (TPSA) is 74.2 Å². The van der Waals surface area contributed by atoms with Crippen molar-refractivity contribution in [1.82, 2.24) is 10.3 Å². The van der Waals surface area contributed by atoms with Gasteiger partial charge >= 0.3 is 5.97 Å². The number of nitrogens with zero attached hydrogens (tertiary/aromatic N) is 1. The number of pyridine rings is 1. The Hall–Kier alpha value is -2.18. The van der Waals surface area contributed by atoms with Gasteiger partial charge in [0.1, 0.15) is 5.82 Å². The summed E-state index contributed by atoms with van der Waals surface area (Å²) in [5.74, 6) is -0.318. The molecule has 1 atom stereocenters. The van der Waals surface area contributed by atoms with Gasteiger partial charge in [-0.25, -0.2) is 4.98 Å². The SMILES string of the molecule is Cc1ccnc(NC(=S)N[C@H](CC(=O)O)c2ccc(Cl)cc2)c1. The van der Waals surface area contributed by atoms with Crippen molar-refractivity contribution in [2.75, 3.05) is 5.32 Å². The van der Waals surface area contributed by atoms with Crippen molar-refractivity contribution >= 4 is 40.7 Å². The van der Waals surface area contributed by atoms with Crippen LogP contribution < -0.4 is 10.6 Å². The van der Waals surface area contributed by atoms with Crippen molar-refractivity contribution < 1.29 is 9.90 Å². The third-order valence-corrected chi connectivity index (χ3v) is 3.59. The Labute approximate surface area is 144 Å². The van der Waals surface area contributed by atoms with Gasteiger partial charge in [-0.05, 0) is 54.5 Å². The molecule has 0 unspecified atom stereocenters. The van der Waals surface area contributed by atoms with Crippen molar-refractivity contribution in [1.29, 1.82) is 0 Å². The van der Waals surface area contributed by atoms with Crippen LogP contribution in [0.4, 0.5) is 5.82 Å². The number of halogens is 1. The summed E-state index contributed by atoms with van der Waals surface area (Å²) in [6.07, 6.45) is 1.57. The number of carboxylic acids is 1. The van der Waals surface area contributed by atoms with Gasteiger partial charge in [0.2, 0.25) is 0 Å². The Morgan fingerprint density at radius 3 is 2.65 bits per heavy atom. The molecule has 0 bridgehead atoms. The van der Waals surface area contributed by atoms with Crippen LogP contribution in [0.5, 0.6) is 0 Å². The van der Waals surface area contributed by atoms with Crippen molar-refractivity contribution in [3.8, 4) is 0 Å². The molecule has 0 saturated heterocycles. The Bertz CT molecular complexity index is 707. The van der Waals surface area contributed by atoms with Gasteiger partial charge in [-0.1, -0.05) is 23.7 Å². The number of benzene rings is 1. The lowest BCUT2D eigenvalue weighted by atomic mass is 10.0. The Morgan fingerprint density at radius 1 is 1.35 bits per heavy atom. The quantitative estimate of drug-likeness (QED) is 0.717. The maximum absolute atomic E-state index is 11.1. The lowest BCUT2D eigenvalue weighted by molar-refractivity contribution is -0.137. The number of hydrogen-bond acceptors (Lipinski definition) is 3. The highest BCUT2D eigenvalue weighted by atomic mass is 35.5. The Morgan fingerprint density at radius 2 is 2.04 bits per heavy atom. The number of thiocarbonyl (C=S) groups is 1. The first kappa shape index (κ1) is 17.2. The molecule has 7 heteroatoms. The third kappa shape index (κ3) is 5.50. The van der Waals surface area contributed by atoms with Crippen LogP contribution in [-0.4, -0.2) is 21.2 Å². The predicted molar refractivity (Wildman–Crippen MR) is 94.8 cm³/mol. The van der Waals surface area contributed by atoms with Crippen LogP contribution in [0.1, 0.15) is 23.6 Å². The maximum Gasteiger partial charge on any atom is 0.305 e. The predicted octanol–water partition coefficient (Wildman–Crippen LogP) is 3.55. The number of carbonyl (C=O) groups is 1. The van der Waals surface area contributed by atoms with E-state index in [1.54, 1.807) is 30.5 Å². The number of anilines is 1. The molecule has 120 valence electrons. The van der Waals surface area contributed by atoms with Crippen molar-refractivity contribution in [3.63, 3.8) is 0 Å². The summed E-state index contributed by atoms with van der Waals surface area (Å²) in [7, 11) is 0. The molecule has 5 nitrogen and oxygen atoms in total. The van der Waals surface area contributed by atoms with Crippen LogP contribution in [0.15, 0.2) is 42.6 Å². The van der Waals surface area contributed by atoms with E-state index in [0.29, 0.717) is 16.0 Å². The summed E-state index contributed by atoms with van der Waals surface area (Å²) in [5.41, 5.74) is 1.84. The van der Waals surface area contributed by atoms with Crippen molar-refractivity contribution in [2.45, 2.75) is 19.4 Å². The van der Waals surface area contributed by atoms with Crippen LogP contribution in [0.25, 0.3) is 0 Å². The van der Waals surface area contributed by atoms with Gasteiger partial charge in [-0.3, -0.25) is 4.79 Å². The van der Waals surface area contributed by atoms with Crippen molar-refractivity contribution in [3.05, 3.63) is 58.7 Å². The van der Waals surface area contributed by atoms with E-state index < -0.39 is 12.0 Å². The van der Waals surface area contributed by atoms with Gasteiger partial charge in [0, 0.05) is 11.2 Å². The van der Waals surface area contributed by atoms with Gasteiger partial charge in [0.05, 0.1) is 12.5 Å². The van der Waals surface area contributed by atoms with Crippen molar-refractivity contribution in [2.24, 2.45) is 0 Å². The molecular formula is C16H16ClN3O2S. The zero-order valence-electron chi connectivity index (χ0n) is 12.4. The monoisotopic (exact) mass is 349 g/mol. The third-order valence-electron chi connectivity index (χ3n) is 3.11. The lowest BCUT2D eigenvalue weighted by Gasteiger charge is -2.20. The first-order valence-corrected chi connectivity index (χ1v) is 7.70. The van der Waals surface area contributed by atoms with Gasteiger partial charge in [-0.15, -0.1) is 0 Å². The minimum atomic E-state index is -0.922. The molecule has 1 aromatic carbocycles. The average molecular weight is 350 g/mol. The highest BCUT2D eigenvalue weighted by Gasteiger charge is 2.16. The van der Waals surface area contributed by atoms with Crippen LogP contribution in [0.3, 0.4) is 0 Å². The summed E-state index contributed by atoms with van der Waals surface area (Å²) in [4.78, 5) is 15.3. The van der Waals surface area contributed by atoms with E-state index in [0.717, 1.165) is 11.1 Å². The highest BCUT2D eigenvalue weighted by Crippen LogP contribution is 2.20. The summed E-state index contributed by atoms with van der Waals surface area (Å²) in [5, 5.41) is 16.0. The van der Waals surface area contributed by atoms with Crippen LogP contribution in [-0.2, 0) is 4.79 Å². The maximum atomic E-state index is 11.1. The molecule has 1 aromatic heterocycles. The van der Waals surface area contributed by atoms with E-state index in [-0.39, 0.29) is 6.42 Å². The second-order valence-electron chi connectivity index (χ2n) is 5.02. The molecule has 0 amide bonds. The fraction of sp³-hybridized carbons (Fsp3) is 0.188. The van der Waals surface area contributed by atoms with Gasteiger partial charge in [0.25, 0.3) is 0 Å². The number of aliphatic carboxylic acids is 1. The van der Waals surface area contributed by atoms with E-state index in [1.807, 2.05) is 19.1 Å². The van der Waals surface area contributed by atoms with E-state index in [2.05, 4.69) is 15.6 Å². The summed E-state index contributed by atoms with van der Waals surface area (Å²) < 4.78 is 0. The molecule has 2 rings (SSSR count). The zero-order valence-corrected chi connectivity index (χ0v) is 14.0. The average Bonchev–Trinajstić information content (AvgIpc) is 2.46. The normalized spacial score (nSPS) is 11.6. The largest absolute Gasteiger partial charge is 0.481 e. The second kappa shape index (κ2) is 7.89.